The molecule has 2 fully saturated rings. The van der Waals surface area contributed by atoms with E-state index in [1.165, 1.54) is 6.33 Å². The first kappa shape index (κ1) is 25.6. The lowest BCUT2D eigenvalue weighted by molar-refractivity contribution is -0.234. The maximum atomic E-state index is 12.7. The number of fused-ring (bicyclic) bond motifs is 3. The molecule has 1 unspecified atom stereocenters. The van der Waals surface area contributed by atoms with Crippen molar-refractivity contribution in [2.24, 2.45) is 0 Å². The summed E-state index contributed by atoms with van der Waals surface area (Å²) < 4.78 is 20.6. The van der Waals surface area contributed by atoms with Gasteiger partial charge < -0.3 is 28.8 Å². The Balaban J connectivity index is 1.43. The summed E-state index contributed by atoms with van der Waals surface area (Å²) in [6.45, 7) is 12.0. The molecule has 2 aliphatic rings. The molecule has 2 aliphatic heterocycles. The molecule has 2 bridgehead atoms. The Bertz CT molecular complexity index is 1300. The molecule has 1 amide bonds. The topological polar surface area (TPSA) is 117 Å². The van der Waals surface area contributed by atoms with Crippen LogP contribution in [0.4, 0.5) is 5.82 Å². The van der Waals surface area contributed by atoms with Gasteiger partial charge in [-0.2, -0.15) is 5.06 Å². The van der Waals surface area contributed by atoms with E-state index in [4.69, 9.17) is 25.2 Å². The number of rotatable bonds is 10. The summed E-state index contributed by atoms with van der Waals surface area (Å²) in [5, 5.41) is 4.71. The van der Waals surface area contributed by atoms with Gasteiger partial charge in [-0.05, 0) is 18.6 Å². The van der Waals surface area contributed by atoms with Gasteiger partial charge in [-0.3, -0.25) is 9.36 Å². The smallest absolute Gasteiger partial charge is 0.256 e. The van der Waals surface area contributed by atoms with Crippen LogP contribution in [0.15, 0.2) is 43.0 Å². The largest absolute Gasteiger partial charge is 0.345 e. The fourth-order valence-electron chi connectivity index (χ4n) is 4.89. The van der Waals surface area contributed by atoms with Gasteiger partial charge in [0.25, 0.3) is 5.91 Å². The number of aromatic nitrogens is 4. The highest BCUT2D eigenvalue weighted by Gasteiger charge is 2.65. The van der Waals surface area contributed by atoms with Crippen molar-refractivity contribution in [3.8, 4) is 0 Å². The lowest BCUT2D eigenvalue weighted by atomic mass is 9.96. The number of ether oxygens (including phenoxy) is 1. The van der Waals surface area contributed by atoms with Crippen LogP contribution in [0.5, 0.6) is 0 Å². The second-order valence-corrected chi connectivity index (χ2v) is 10.1. The van der Waals surface area contributed by atoms with Gasteiger partial charge in [0.15, 0.2) is 31.6 Å². The summed E-state index contributed by atoms with van der Waals surface area (Å²) in [7, 11) is 0.400. The molecule has 13 heteroatoms. The van der Waals surface area contributed by atoms with Crippen LogP contribution in [-0.4, -0.2) is 81.7 Å². The Labute approximate surface area is 215 Å². The van der Waals surface area contributed by atoms with Crippen LogP contribution in [-0.2, 0) is 18.6 Å². The standard InChI is InChI=1S/C24H28N7O5P/c1-5-24-13-31(33-3)18(19(24)36-37(4)34-12-11-25-2)23(35-24)30-15-28-17-20(26-14-27-21(17)30)29-22(32)16-9-7-6-8-10-16/h6-10,14-15,18-19,23H,5,11-13H2,1,3-4H3,(H,26,27,29,32)/t18-,19+,23+,24+,37?/m0/s1. The summed E-state index contributed by atoms with van der Waals surface area (Å²) in [6.07, 6.45) is 2.88. The van der Waals surface area contributed by atoms with Crippen molar-refractivity contribution in [2.75, 3.05) is 38.8 Å². The molecule has 0 saturated carbocycles. The number of hydrogen-bond acceptors (Lipinski definition) is 9. The Morgan fingerprint density at radius 2 is 2.14 bits per heavy atom. The molecule has 0 spiro atoms. The van der Waals surface area contributed by atoms with Crippen LogP contribution >= 0.6 is 8.38 Å². The minimum Gasteiger partial charge on any atom is -0.345 e. The molecule has 2 aromatic heterocycles. The fraction of sp³-hybridized carbons (Fsp3) is 0.458. The van der Waals surface area contributed by atoms with Crippen molar-refractivity contribution >= 4 is 31.3 Å². The van der Waals surface area contributed by atoms with E-state index in [1.807, 2.05) is 22.4 Å². The Morgan fingerprint density at radius 3 is 2.86 bits per heavy atom. The maximum absolute atomic E-state index is 12.7. The van der Waals surface area contributed by atoms with E-state index in [0.717, 1.165) is 0 Å². The van der Waals surface area contributed by atoms with Gasteiger partial charge in [0.05, 0.1) is 20.0 Å². The number of hydrogen-bond donors (Lipinski definition) is 1. The van der Waals surface area contributed by atoms with Crippen molar-refractivity contribution in [3.63, 3.8) is 0 Å². The molecule has 1 N–H and O–H groups in total. The molecule has 1 aromatic carbocycles. The minimum atomic E-state index is -1.23. The molecule has 37 heavy (non-hydrogen) atoms. The quantitative estimate of drug-likeness (QED) is 0.242. The van der Waals surface area contributed by atoms with Crippen LogP contribution < -0.4 is 5.32 Å². The summed E-state index contributed by atoms with van der Waals surface area (Å²) in [5.41, 5.74) is 0.855. The molecule has 194 valence electrons. The lowest BCUT2D eigenvalue weighted by Gasteiger charge is -2.35. The number of morpholine rings is 1. The SMILES string of the molecule is [C-]#[N+]CCOP(C)O[C@@H]1[C@H]2[C@H](n3cnc4c(NC(=O)c5ccccc5)ncnc43)O[C@]1(CC)CN2OC. The lowest BCUT2D eigenvalue weighted by Crippen LogP contribution is -2.45. The summed E-state index contributed by atoms with van der Waals surface area (Å²) >= 11 is 0. The normalized spacial score (nSPS) is 25.8. The van der Waals surface area contributed by atoms with Crippen molar-refractivity contribution < 1.29 is 23.4 Å². The van der Waals surface area contributed by atoms with Gasteiger partial charge in [-0.25, -0.2) is 21.5 Å². The Morgan fingerprint density at radius 1 is 1.32 bits per heavy atom. The monoisotopic (exact) mass is 525 g/mol. The first-order valence-corrected chi connectivity index (χ1v) is 13.5. The number of imidazole rings is 1. The van der Waals surface area contributed by atoms with E-state index in [-0.39, 0.29) is 24.6 Å². The van der Waals surface area contributed by atoms with Gasteiger partial charge in [0, 0.05) is 12.2 Å². The summed E-state index contributed by atoms with van der Waals surface area (Å²) in [5.74, 6) is 0.0254. The van der Waals surface area contributed by atoms with Gasteiger partial charge in [-0.1, -0.05) is 25.1 Å². The van der Waals surface area contributed by atoms with Crippen LogP contribution in [0.25, 0.3) is 16.0 Å². The maximum Gasteiger partial charge on any atom is 0.256 e. The van der Waals surface area contributed by atoms with Gasteiger partial charge in [-0.15, -0.1) is 0 Å². The average Bonchev–Trinajstić information content (AvgIpc) is 3.58. The zero-order valence-electron chi connectivity index (χ0n) is 20.8. The Kier molecular flexibility index (Phi) is 7.44. The number of amides is 1. The van der Waals surface area contributed by atoms with E-state index in [9.17, 15) is 4.79 Å². The van der Waals surface area contributed by atoms with Gasteiger partial charge >= 0.3 is 0 Å². The highest BCUT2D eigenvalue weighted by Crippen LogP contribution is 2.54. The number of nitrogens with zero attached hydrogens (tertiary/aromatic N) is 6. The van der Waals surface area contributed by atoms with E-state index >= 15 is 0 Å². The molecule has 0 radical (unpaired) electrons. The number of nitrogens with one attached hydrogen (secondary N) is 1. The predicted molar refractivity (Wildman–Crippen MR) is 136 cm³/mol. The minimum absolute atomic E-state index is 0.287. The third kappa shape index (κ3) is 4.70. The van der Waals surface area contributed by atoms with Crippen LogP contribution in [0, 0.1) is 6.57 Å². The van der Waals surface area contributed by atoms with Crippen LogP contribution in [0.1, 0.15) is 29.9 Å². The fourth-order valence-corrected chi connectivity index (χ4v) is 5.93. The van der Waals surface area contributed by atoms with E-state index in [1.54, 1.807) is 37.7 Å². The van der Waals surface area contributed by atoms with E-state index < -0.39 is 20.2 Å². The first-order valence-electron chi connectivity index (χ1n) is 11.9. The molecule has 12 nitrogen and oxygen atoms in total. The number of carbonyl (C=O) groups is 1. The van der Waals surface area contributed by atoms with Crippen LogP contribution in [0.3, 0.4) is 0 Å². The zero-order chi connectivity index (χ0) is 26.0. The molecular weight excluding hydrogens is 497 g/mol. The van der Waals surface area contributed by atoms with Gasteiger partial charge in [0.1, 0.15) is 30.7 Å². The number of carbonyl (C=O) groups excluding carboxylic acids is 1. The number of hydroxylamine groups is 2. The predicted octanol–water partition coefficient (Wildman–Crippen LogP) is 3.26. The van der Waals surface area contributed by atoms with Crippen molar-refractivity contribution in [3.05, 3.63) is 60.0 Å². The molecule has 5 atom stereocenters. The number of anilines is 1. The van der Waals surface area contributed by atoms with Gasteiger partial charge in [0.2, 0.25) is 6.54 Å². The van der Waals surface area contributed by atoms with E-state index in [0.29, 0.717) is 42.1 Å². The molecule has 4 heterocycles. The third-order valence-electron chi connectivity index (χ3n) is 6.70. The number of benzene rings is 1. The van der Waals surface area contributed by atoms with Crippen molar-refractivity contribution in [2.45, 2.75) is 37.3 Å². The molecular formula is C24H28N7O5P. The first-order chi connectivity index (χ1) is 18.0. The molecule has 2 saturated heterocycles. The molecule has 0 aliphatic carbocycles. The summed E-state index contributed by atoms with van der Waals surface area (Å²) in [6, 6.07) is 8.61. The zero-order valence-corrected chi connectivity index (χ0v) is 21.7. The second kappa shape index (κ2) is 10.8. The average molecular weight is 526 g/mol. The highest BCUT2D eigenvalue weighted by atomic mass is 31.2. The Hall–Kier alpha value is -3.04. The highest BCUT2D eigenvalue weighted by molar-refractivity contribution is 7.46. The second-order valence-electron chi connectivity index (χ2n) is 8.72. The molecule has 3 aromatic rings. The third-order valence-corrected chi connectivity index (χ3v) is 7.77. The van der Waals surface area contributed by atoms with Crippen molar-refractivity contribution in [1.29, 1.82) is 0 Å². The van der Waals surface area contributed by atoms with Crippen LogP contribution in [0.2, 0.25) is 0 Å². The van der Waals surface area contributed by atoms with E-state index in [2.05, 4.69) is 32.0 Å². The van der Waals surface area contributed by atoms with Crippen molar-refractivity contribution in [1.82, 2.24) is 24.6 Å². The molecule has 5 rings (SSSR count). The summed E-state index contributed by atoms with van der Waals surface area (Å²) in [4.78, 5) is 35.0.